The first-order valence-electron chi connectivity index (χ1n) is 5.70. The molecule has 7 heteroatoms. The summed E-state index contributed by atoms with van der Waals surface area (Å²) in [4.78, 5) is 0. The van der Waals surface area contributed by atoms with Gasteiger partial charge in [-0.2, -0.15) is 0 Å². The molecule has 0 aliphatic carbocycles. The number of aliphatic hydroxyl groups is 4. The second kappa shape index (κ2) is 5.15. The van der Waals surface area contributed by atoms with Crippen molar-refractivity contribution in [2.75, 3.05) is 6.61 Å². The Morgan fingerprint density at radius 3 is 2.12 bits per heavy atom. The highest BCUT2D eigenvalue weighted by molar-refractivity contribution is 4.90. The van der Waals surface area contributed by atoms with E-state index in [0.29, 0.717) is 0 Å². The van der Waals surface area contributed by atoms with Crippen LogP contribution in [0.3, 0.4) is 0 Å². The minimum Gasteiger partial charge on any atom is -0.394 e. The smallest absolute Gasteiger partial charge is 0.189 e. The molecule has 17 heavy (non-hydrogen) atoms. The summed E-state index contributed by atoms with van der Waals surface area (Å²) >= 11 is 0. The van der Waals surface area contributed by atoms with Crippen LogP contribution < -0.4 is 0 Å². The van der Waals surface area contributed by atoms with Crippen molar-refractivity contribution in [2.45, 2.75) is 56.4 Å². The van der Waals surface area contributed by atoms with Gasteiger partial charge in [0.2, 0.25) is 0 Å². The van der Waals surface area contributed by atoms with Crippen molar-refractivity contribution in [3.05, 3.63) is 0 Å². The summed E-state index contributed by atoms with van der Waals surface area (Å²) in [5.74, 6) is 0. The zero-order valence-corrected chi connectivity index (χ0v) is 9.47. The molecule has 7 nitrogen and oxygen atoms in total. The van der Waals surface area contributed by atoms with Crippen LogP contribution in [0.25, 0.3) is 0 Å². The molecule has 2 aliphatic heterocycles. The highest BCUT2D eigenvalue weighted by Gasteiger charge is 2.48. The van der Waals surface area contributed by atoms with Crippen molar-refractivity contribution < 1.29 is 34.6 Å². The molecule has 7 atom stereocenters. The highest BCUT2D eigenvalue weighted by Crippen LogP contribution is 2.31. The van der Waals surface area contributed by atoms with E-state index in [1.165, 1.54) is 0 Å². The van der Waals surface area contributed by atoms with Crippen molar-refractivity contribution in [2.24, 2.45) is 0 Å². The van der Waals surface area contributed by atoms with Gasteiger partial charge in [0.1, 0.15) is 30.5 Å². The van der Waals surface area contributed by atoms with E-state index < -0.39 is 43.6 Å². The lowest BCUT2D eigenvalue weighted by atomic mass is 9.99. The Hall–Kier alpha value is -0.280. The Morgan fingerprint density at radius 2 is 1.59 bits per heavy atom. The molecule has 0 radical (unpaired) electrons. The number of rotatable bonds is 4. The quantitative estimate of drug-likeness (QED) is 0.424. The molecule has 2 fully saturated rings. The van der Waals surface area contributed by atoms with E-state index in [4.69, 9.17) is 19.3 Å². The predicted molar refractivity (Wildman–Crippen MR) is 53.8 cm³/mol. The molecule has 2 aliphatic rings. The van der Waals surface area contributed by atoms with Gasteiger partial charge in [0, 0.05) is 0 Å². The standard InChI is InChI=1S/C10H18O7/c1-2-4-9(15-4)17-10-8(14)7(13)6(12)5(3-11)16-10/h4-14H,2-3H2,1H3/t4?,5-,6-,7+,8-,9?,10-/m1/s1. The average molecular weight is 250 g/mol. The molecule has 0 saturated carbocycles. The van der Waals surface area contributed by atoms with Gasteiger partial charge < -0.3 is 34.6 Å². The van der Waals surface area contributed by atoms with Crippen LogP contribution in [-0.4, -0.2) is 70.1 Å². The van der Waals surface area contributed by atoms with Crippen molar-refractivity contribution in [1.82, 2.24) is 0 Å². The van der Waals surface area contributed by atoms with Crippen LogP contribution in [0.4, 0.5) is 0 Å². The van der Waals surface area contributed by atoms with E-state index in [1.807, 2.05) is 6.92 Å². The average Bonchev–Trinajstić information content (AvgIpc) is 3.08. The maximum atomic E-state index is 9.66. The van der Waals surface area contributed by atoms with Crippen LogP contribution in [0, 0.1) is 0 Å². The molecular formula is C10H18O7. The summed E-state index contributed by atoms with van der Waals surface area (Å²) in [5.41, 5.74) is 0. The third kappa shape index (κ3) is 2.60. The van der Waals surface area contributed by atoms with Gasteiger partial charge in [0.25, 0.3) is 0 Å². The maximum absolute atomic E-state index is 9.66. The number of hydrogen-bond donors (Lipinski definition) is 4. The van der Waals surface area contributed by atoms with Crippen LogP contribution in [0.15, 0.2) is 0 Å². The molecule has 2 saturated heterocycles. The van der Waals surface area contributed by atoms with Gasteiger partial charge in [-0.1, -0.05) is 6.92 Å². The molecule has 0 aromatic carbocycles. The first-order valence-corrected chi connectivity index (χ1v) is 5.70. The molecule has 2 heterocycles. The number of epoxide rings is 1. The lowest BCUT2D eigenvalue weighted by Gasteiger charge is -2.39. The topological polar surface area (TPSA) is 112 Å². The van der Waals surface area contributed by atoms with E-state index in [0.717, 1.165) is 6.42 Å². The second-order valence-electron chi connectivity index (χ2n) is 4.28. The van der Waals surface area contributed by atoms with Gasteiger partial charge in [0.05, 0.1) is 6.61 Å². The van der Waals surface area contributed by atoms with Crippen LogP contribution in [0.1, 0.15) is 13.3 Å². The molecule has 0 bridgehead atoms. The Morgan fingerprint density at radius 1 is 0.941 bits per heavy atom. The Labute approximate surface area is 98.5 Å². The monoisotopic (exact) mass is 250 g/mol. The van der Waals surface area contributed by atoms with Crippen molar-refractivity contribution in [3.63, 3.8) is 0 Å². The third-order valence-corrected chi connectivity index (χ3v) is 3.05. The van der Waals surface area contributed by atoms with Crippen molar-refractivity contribution in [1.29, 1.82) is 0 Å². The van der Waals surface area contributed by atoms with Gasteiger partial charge in [-0.3, -0.25) is 0 Å². The van der Waals surface area contributed by atoms with Gasteiger partial charge in [-0.15, -0.1) is 0 Å². The van der Waals surface area contributed by atoms with Crippen molar-refractivity contribution >= 4 is 0 Å². The predicted octanol–water partition coefficient (Wildman–Crippen LogP) is -2.06. The van der Waals surface area contributed by atoms with E-state index in [2.05, 4.69) is 0 Å². The number of hydrogen-bond acceptors (Lipinski definition) is 7. The molecule has 100 valence electrons. The maximum Gasteiger partial charge on any atom is 0.189 e. The summed E-state index contributed by atoms with van der Waals surface area (Å²) in [6, 6.07) is 0. The first-order chi connectivity index (χ1) is 8.08. The molecule has 2 unspecified atom stereocenters. The van der Waals surface area contributed by atoms with Crippen LogP contribution in [-0.2, 0) is 14.2 Å². The molecule has 0 amide bonds. The molecule has 2 rings (SSSR count). The zero-order chi connectivity index (χ0) is 12.6. The summed E-state index contributed by atoms with van der Waals surface area (Å²) in [5, 5.41) is 37.7. The fraction of sp³-hybridized carbons (Fsp3) is 1.00. The van der Waals surface area contributed by atoms with E-state index >= 15 is 0 Å². The number of aliphatic hydroxyl groups excluding tert-OH is 4. The van der Waals surface area contributed by atoms with E-state index in [1.54, 1.807) is 0 Å². The highest BCUT2D eigenvalue weighted by atomic mass is 16.8. The molecule has 0 aromatic rings. The molecule has 4 N–H and O–H groups in total. The largest absolute Gasteiger partial charge is 0.394 e. The van der Waals surface area contributed by atoms with E-state index in [-0.39, 0.29) is 6.10 Å². The lowest BCUT2D eigenvalue weighted by Crippen LogP contribution is -2.59. The van der Waals surface area contributed by atoms with Crippen LogP contribution in [0.5, 0.6) is 0 Å². The molecule has 0 aromatic heterocycles. The first kappa shape index (κ1) is 13.2. The zero-order valence-electron chi connectivity index (χ0n) is 9.47. The fourth-order valence-electron chi connectivity index (χ4n) is 1.85. The Bertz CT molecular complexity index is 259. The summed E-state index contributed by atoms with van der Waals surface area (Å²) < 4.78 is 15.6. The number of ether oxygens (including phenoxy) is 3. The van der Waals surface area contributed by atoms with Crippen LogP contribution in [0.2, 0.25) is 0 Å². The van der Waals surface area contributed by atoms with Crippen LogP contribution >= 0.6 is 0 Å². The summed E-state index contributed by atoms with van der Waals surface area (Å²) in [6.45, 7) is 1.47. The summed E-state index contributed by atoms with van der Waals surface area (Å²) in [7, 11) is 0. The van der Waals surface area contributed by atoms with Gasteiger partial charge in [-0.05, 0) is 6.42 Å². The Kier molecular flexibility index (Phi) is 3.99. The van der Waals surface area contributed by atoms with Gasteiger partial charge in [-0.25, -0.2) is 0 Å². The summed E-state index contributed by atoms with van der Waals surface area (Å²) in [6.07, 6.45) is -5.90. The normalized spacial score (nSPS) is 50.3. The second-order valence-corrected chi connectivity index (χ2v) is 4.28. The molecular weight excluding hydrogens is 232 g/mol. The minimum atomic E-state index is -1.41. The lowest BCUT2D eigenvalue weighted by molar-refractivity contribution is -0.309. The molecule has 0 spiro atoms. The third-order valence-electron chi connectivity index (χ3n) is 3.05. The minimum absolute atomic E-state index is 0.0256. The van der Waals surface area contributed by atoms with Crippen molar-refractivity contribution in [3.8, 4) is 0 Å². The van der Waals surface area contributed by atoms with E-state index in [9.17, 15) is 15.3 Å². The van der Waals surface area contributed by atoms with Gasteiger partial charge >= 0.3 is 0 Å². The SMILES string of the molecule is CCC1OC1O[C@H]1O[C@H](CO)[C@@H](O)[C@H](O)[C@H]1O. The van der Waals surface area contributed by atoms with Gasteiger partial charge in [0.15, 0.2) is 12.6 Å². The Balaban J connectivity index is 1.92. The fourth-order valence-corrected chi connectivity index (χ4v) is 1.85.